The Bertz CT molecular complexity index is 838. The van der Waals surface area contributed by atoms with Gasteiger partial charge in [-0.05, 0) is 70.7 Å². The maximum Gasteiger partial charge on any atom is 0.410 e. The monoisotopic (exact) mass is 460 g/mol. The highest BCUT2D eigenvalue weighted by molar-refractivity contribution is 5.85. The molecule has 0 aliphatic carbocycles. The quantitative estimate of drug-likeness (QED) is 0.747. The van der Waals surface area contributed by atoms with E-state index in [1.165, 1.54) is 12.1 Å². The number of hydrogen-bond donors (Lipinski definition) is 1. The molecular formula is C25H37FN4O3. The van der Waals surface area contributed by atoms with Crippen molar-refractivity contribution in [1.82, 2.24) is 15.1 Å². The maximum absolute atomic E-state index is 13.2. The number of halogens is 1. The van der Waals surface area contributed by atoms with Crippen molar-refractivity contribution in [3.63, 3.8) is 0 Å². The van der Waals surface area contributed by atoms with Gasteiger partial charge in [0.05, 0.1) is 5.41 Å². The highest BCUT2D eigenvalue weighted by Gasteiger charge is 2.49. The zero-order valence-corrected chi connectivity index (χ0v) is 20.1. The van der Waals surface area contributed by atoms with E-state index in [0.29, 0.717) is 25.9 Å². The van der Waals surface area contributed by atoms with Crippen LogP contribution in [-0.2, 0) is 9.53 Å². The molecule has 1 spiro atoms. The van der Waals surface area contributed by atoms with Gasteiger partial charge in [0.1, 0.15) is 11.4 Å². The Kier molecular flexibility index (Phi) is 6.84. The second-order valence-corrected chi connectivity index (χ2v) is 10.7. The lowest BCUT2D eigenvalue weighted by Crippen LogP contribution is -2.47. The van der Waals surface area contributed by atoms with Crippen molar-refractivity contribution in [3.05, 3.63) is 30.1 Å². The van der Waals surface area contributed by atoms with Crippen LogP contribution in [0.4, 0.5) is 14.9 Å². The third kappa shape index (κ3) is 5.78. The van der Waals surface area contributed by atoms with Gasteiger partial charge in [-0.25, -0.2) is 9.18 Å². The summed E-state index contributed by atoms with van der Waals surface area (Å²) in [6, 6.07) is 6.90. The Balaban J connectivity index is 1.20. The molecule has 33 heavy (non-hydrogen) atoms. The minimum atomic E-state index is -0.507. The van der Waals surface area contributed by atoms with Gasteiger partial charge in [0.15, 0.2) is 0 Å². The molecule has 4 rings (SSSR count). The number of nitrogens with zero attached hydrogens (tertiary/aromatic N) is 3. The topological polar surface area (TPSA) is 65.1 Å². The van der Waals surface area contributed by atoms with Crippen LogP contribution >= 0.6 is 0 Å². The Labute approximate surface area is 196 Å². The Morgan fingerprint density at radius 2 is 1.73 bits per heavy atom. The van der Waals surface area contributed by atoms with Crippen LogP contribution in [0.15, 0.2) is 24.3 Å². The summed E-state index contributed by atoms with van der Waals surface area (Å²) < 4.78 is 18.6. The minimum Gasteiger partial charge on any atom is -0.444 e. The SMILES string of the molecule is CC(C)(C)OC(=O)N1CCC2(CC1)C[C@H](CCN1CCN(c3ccc(F)cc3)CC1)NC2=O. The smallest absolute Gasteiger partial charge is 0.410 e. The van der Waals surface area contributed by atoms with Gasteiger partial charge < -0.3 is 19.9 Å². The first kappa shape index (κ1) is 23.8. The average molecular weight is 461 g/mol. The standard InChI is InChI=1S/C25H37FN4O3/c1-24(2,3)33-23(32)30-12-9-25(10-13-30)18-20(27-22(25)31)8-11-28-14-16-29(17-15-28)21-6-4-19(26)5-7-21/h4-7,20H,8-18H2,1-3H3,(H,27,31)/t20-/m0/s1. The lowest BCUT2D eigenvalue weighted by Gasteiger charge is -2.38. The number of piperazine rings is 1. The third-order valence-corrected chi connectivity index (χ3v) is 7.18. The highest BCUT2D eigenvalue weighted by Crippen LogP contribution is 2.41. The summed E-state index contributed by atoms with van der Waals surface area (Å²) in [7, 11) is 0. The zero-order valence-electron chi connectivity index (χ0n) is 20.1. The van der Waals surface area contributed by atoms with Crippen molar-refractivity contribution in [1.29, 1.82) is 0 Å². The van der Waals surface area contributed by atoms with E-state index in [9.17, 15) is 14.0 Å². The first-order valence-corrected chi connectivity index (χ1v) is 12.2. The molecule has 3 fully saturated rings. The second-order valence-electron chi connectivity index (χ2n) is 10.7. The summed E-state index contributed by atoms with van der Waals surface area (Å²) in [4.78, 5) is 31.7. The van der Waals surface area contributed by atoms with E-state index in [0.717, 1.165) is 51.3 Å². The van der Waals surface area contributed by atoms with Crippen molar-refractivity contribution >= 4 is 17.7 Å². The molecule has 3 saturated heterocycles. The predicted octanol–water partition coefficient (Wildman–Crippen LogP) is 3.24. The van der Waals surface area contributed by atoms with Gasteiger partial charge in [0.2, 0.25) is 5.91 Å². The number of rotatable bonds is 4. The number of amides is 2. The van der Waals surface area contributed by atoms with Crippen LogP contribution in [0, 0.1) is 11.2 Å². The Morgan fingerprint density at radius 1 is 1.09 bits per heavy atom. The van der Waals surface area contributed by atoms with Crippen LogP contribution in [-0.4, -0.2) is 79.3 Å². The van der Waals surface area contributed by atoms with Gasteiger partial charge in [0.25, 0.3) is 0 Å². The summed E-state index contributed by atoms with van der Waals surface area (Å²) >= 11 is 0. The molecular weight excluding hydrogens is 423 g/mol. The first-order valence-electron chi connectivity index (χ1n) is 12.2. The fourth-order valence-electron chi connectivity index (χ4n) is 5.22. The lowest BCUT2D eigenvalue weighted by molar-refractivity contribution is -0.130. The fourth-order valence-corrected chi connectivity index (χ4v) is 5.22. The van der Waals surface area contributed by atoms with Crippen molar-refractivity contribution < 1.29 is 18.7 Å². The number of benzene rings is 1. The van der Waals surface area contributed by atoms with Crippen molar-refractivity contribution in [3.8, 4) is 0 Å². The van der Waals surface area contributed by atoms with E-state index in [2.05, 4.69) is 15.1 Å². The summed E-state index contributed by atoms with van der Waals surface area (Å²) in [5.41, 5.74) is 0.218. The lowest BCUT2D eigenvalue weighted by atomic mass is 9.76. The summed E-state index contributed by atoms with van der Waals surface area (Å²) in [6.07, 6.45) is 2.91. The zero-order chi connectivity index (χ0) is 23.6. The number of piperidine rings is 1. The molecule has 3 heterocycles. The molecule has 1 aromatic carbocycles. The molecule has 0 unspecified atom stereocenters. The average Bonchev–Trinajstić information content (AvgIpc) is 3.07. The number of anilines is 1. The van der Waals surface area contributed by atoms with Crippen molar-refractivity contribution in [2.45, 2.75) is 58.1 Å². The van der Waals surface area contributed by atoms with Crippen LogP contribution in [0.25, 0.3) is 0 Å². The maximum atomic E-state index is 13.2. The molecule has 1 N–H and O–H groups in total. The normalized spacial score (nSPS) is 23.6. The van der Waals surface area contributed by atoms with Crippen LogP contribution in [0.3, 0.4) is 0 Å². The van der Waals surface area contributed by atoms with Gasteiger partial charge in [-0.1, -0.05) is 0 Å². The largest absolute Gasteiger partial charge is 0.444 e. The molecule has 7 nitrogen and oxygen atoms in total. The fraction of sp³-hybridized carbons (Fsp3) is 0.680. The Morgan fingerprint density at radius 3 is 2.33 bits per heavy atom. The number of carbonyl (C=O) groups excluding carboxylic acids is 2. The summed E-state index contributed by atoms with van der Waals surface area (Å²) in [6.45, 7) is 11.5. The predicted molar refractivity (Wildman–Crippen MR) is 126 cm³/mol. The number of likely N-dealkylation sites (tertiary alicyclic amines) is 1. The third-order valence-electron chi connectivity index (χ3n) is 7.18. The van der Waals surface area contributed by atoms with Gasteiger partial charge in [-0.2, -0.15) is 0 Å². The molecule has 0 saturated carbocycles. The summed E-state index contributed by atoms with van der Waals surface area (Å²) in [5.74, 6) is -0.0539. The summed E-state index contributed by atoms with van der Waals surface area (Å²) in [5, 5.41) is 3.23. The van der Waals surface area contributed by atoms with Crippen molar-refractivity contribution in [2.24, 2.45) is 5.41 Å². The molecule has 3 aliphatic rings. The molecule has 0 radical (unpaired) electrons. The van der Waals surface area contributed by atoms with E-state index >= 15 is 0 Å². The van der Waals surface area contributed by atoms with E-state index in [1.54, 1.807) is 4.90 Å². The second kappa shape index (κ2) is 9.49. The van der Waals surface area contributed by atoms with E-state index in [4.69, 9.17) is 4.74 Å². The molecule has 0 aromatic heterocycles. The first-order chi connectivity index (χ1) is 15.6. The van der Waals surface area contributed by atoms with Crippen LogP contribution < -0.4 is 10.2 Å². The van der Waals surface area contributed by atoms with Gasteiger partial charge in [0, 0.05) is 57.5 Å². The van der Waals surface area contributed by atoms with Gasteiger partial charge in [-0.3, -0.25) is 9.69 Å². The number of ether oxygens (including phenoxy) is 1. The molecule has 2 amide bonds. The number of hydrogen-bond acceptors (Lipinski definition) is 5. The molecule has 1 aromatic rings. The molecule has 8 heteroatoms. The minimum absolute atomic E-state index is 0.150. The van der Waals surface area contributed by atoms with Crippen LogP contribution in [0.5, 0.6) is 0 Å². The number of carbonyl (C=O) groups is 2. The van der Waals surface area contributed by atoms with E-state index < -0.39 is 5.60 Å². The highest BCUT2D eigenvalue weighted by atomic mass is 19.1. The van der Waals surface area contributed by atoms with Gasteiger partial charge in [-0.15, -0.1) is 0 Å². The van der Waals surface area contributed by atoms with Gasteiger partial charge >= 0.3 is 6.09 Å². The van der Waals surface area contributed by atoms with Crippen LogP contribution in [0.2, 0.25) is 0 Å². The molecule has 1 atom stereocenters. The van der Waals surface area contributed by atoms with E-state index in [-0.39, 0.29) is 29.3 Å². The number of nitrogens with one attached hydrogen (secondary N) is 1. The molecule has 182 valence electrons. The van der Waals surface area contributed by atoms with Crippen LogP contribution in [0.1, 0.15) is 46.5 Å². The molecule has 0 bridgehead atoms. The molecule has 3 aliphatic heterocycles. The van der Waals surface area contributed by atoms with Crippen molar-refractivity contribution in [2.75, 3.05) is 50.7 Å². The Hall–Kier alpha value is -2.35. The van der Waals surface area contributed by atoms with E-state index in [1.807, 2.05) is 32.9 Å².